The molecule has 0 saturated carbocycles. The van der Waals surface area contributed by atoms with E-state index >= 15 is 0 Å². The molecule has 0 fully saturated rings. The number of aromatic amines is 1. The van der Waals surface area contributed by atoms with Gasteiger partial charge in [-0.15, -0.1) is 0 Å². The van der Waals surface area contributed by atoms with E-state index in [4.69, 9.17) is 16.3 Å². The molecule has 0 saturated heterocycles. The van der Waals surface area contributed by atoms with Crippen LogP contribution in [0, 0.1) is 5.82 Å². The summed E-state index contributed by atoms with van der Waals surface area (Å²) in [5, 5.41) is 0.373. The lowest BCUT2D eigenvalue weighted by molar-refractivity contribution is -0.706. The Morgan fingerprint density at radius 3 is 2.85 bits per heavy atom. The van der Waals surface area contributed by atoms with Crippen LogP contribution in [0.4, 0.5) is 4.39 Å². The lowest BCUT2D eigenvalue weighted by atomic mass is 10.4. The van der Waals surface area contributed by atoms with Crippen LogP contribution in [0.1, 0.15) is 0 Å². The monoisotopic (exact) mass is 380 g/mol. The van der Waals surface area contributed by atoms with Gasteiger partial charge in [-0.1, -0.05) is 19.6 Å². The third-order valence-corrected chi connectivity index (χ3v) is 5.44. The first-order chi connectivity index (χ1) is 9.28. The molecule has 2 rings (SSSR count). The number of nitrogens with zero attached hydrogens (tertiary/aromatic N) is 2. The van der Waals surface area contributed by atoms with E-state index < -0.39 is 13.9 Å². The lowest BCUT2D eigenvalue weighted by Crippen LogP contribution is -2.36. The summed E-state index contributed by atoms with van der Waals surface area (Å²) < 4.78 is 21.0. The molecule has 4 nitrogen and oxygen atoms in total. The number of halogens is 3. The fraction of sp³-hybridized carbons (Fsp3) is 0.500. The quantitative estimate of drug-likeness (QED) is 0.371. The van der Waals surface area contributed by atoms with E-state index in [9.17, 15) is 4.39 Å². The molecule has 0 bridgehead atoms. The van der Waals surface area contributed by atoms with E-state index in [1.807, 2.05) is 0 Å². The highest BCUT2D eigenvalue weighted by molar-refractivity contribution is 9.10. The van der Waals surface area contributed by atoms with Gasteiger partial charge >= 0.3 is 5.28 Å². The van der Waals surface area contributed by atoms with Crippen molar-refractivity contribution in [3.63, 3.8) is 0 Å². The smallest absolute Gasteiger partial charge is 0.342 e. The summed E-state index contributed by atoms with van der Waals surface area (Å²) in [6.45, 7) is 7.83. The molecule has 8 heteroatoms. The molecule has 20 heavy (non-hydrogen) atoms. The Hall–Kier alpha value is -0.503. The van der Waals surface area contributed by atoms with Gasteiger partial charge in [0.1, 0.15) is 4.60 Å². The molecular formula is C12H17BrClFN3OSi+. The molecule has 1 N–H and O–H groups in total. The maximum absolute atomic E-state index is 13.6. The van der Waals surface area contributed by atoms with Crippen LogP contribution in [0.2, 0.25) is 31.0 Å². The SMILES string of the molecule is C[Si](C)(C)CCOC[n+]1c(Cl)[nH]c2nc(Br)c(F)cc21. The van der Waals surface area contributed by atoms with Crippen molar-refractivity contribution in [2.24, 2.45) is 0 Å². The zero-order chi connectivity index (χ0) is 14.9. The highest BCUT2D eigenvalue weighted by atomic mass is 79.9. The van der Waals surface area contributed by atoms with Crippen LogP contribution in [0.25, 0.3) is 11.2 Å². The second kappa shape index (κ2) is 6.09. The Kier molecular flexibility index (Phi) is 4.83. The van der Waals surface area contributed by atoms with E-state index in [-0.39, 0.29) is 11.3 Å². The number of hydrogen-bond donors (Lipinski definition) is 1. The highest BCUT2D eigenvalue weighted by Gasteiger charge is 2.21. The summed E-state index contributed by atoms with van der Waals surface area (Å²) in [4.78, 5) is 6.96. The molecule has 2 heterocycles. The highest BCUT2D eigenvalue weighted by Crippen LogP contribution is 2.18. The molecule has 0 aliphatic rings. The maximum atomic E-state index is 13.6. The molecule has 0 radical (unpaired) electrons. The molecule has 2 aromatic heterocycles. The van der Waals surface area contributed by atoms with E-state index in [1.54, 1.807) is 4.57 Å². The molecule has 0 amide bonds. The number of rotatable bonds is 5. The van der Waals surface area contributed by atoms with Crippen LogP contribution < -0.4 is 4.57 Å². The summed E-state index contributed by atoms with van der Waals surface area (Å²) >= 11 is 9.15. The largest absolute Gasteiger partial charge is 0.356 e. The normalized spacial score (nSPS) is 12.3. The van der Waals surface area contributed by atoms with Crippen molar-refractivity contribution in [2.75, 3.05) is 6.61 Å². The molecule has 0 aliphatic carbocycles. The average Bonchev–Trinajstić information content (AvgIpc) is 2.60. The molecule has 0 aromatic carbocycles. The predicted octanol–water partition coefficient (Wildman–Crippen LogP) is 3.72. The van der Waals surface area contributed by atoms with Crippen molar-refractivity contribution in [1.82, 2.24) is 9.97 Å². The molecule has 0 atom stereocenters. The molecule has 0 unspecified atom stereocenters. The maximum Gasteiger partial charge on any atom is 0.356 e. The van der Waals surface area contributed by atoms with Crippen molar-refractivity contribution in [1.29, 1.82) is 0 Å². The Bertz CT molecular complexity index is 629. The van der Waals surface area contributed by atoms with Gasteiger partial charge in [0.2, 0.25) is 5.52 Å². The summed E-state index contributed by atoms with van der Waals surface area (Å²) in [5.74, 6) is -0.427. The average molecular weight is 382 g/mol. The van der Waals surface area contributed by atoms with Crippen molar-refractivity contribution >= 4 is 46.8 Å². The zero-order valence-corrected chi connectivity index (χ0v) is 15.0. The van der Waals surface area contributed by atoms with Gasteiger partial charge in [0, 0.05) is 32.3 Å². The Morgan fingerprint density at radius 2 is 2.20 bits per heavy atom. The van der Waals surface area contributed by atoms with Crippen LogP contribution in [0.15, 0.2) is 10.7 Å². The Labute approximate surface area is 131 Å². The van der Waals surface area contributed by atoms with Gasteiger partial charge in [0.05, 0.1) is 0 Å². The van der Waals surface area contributed by atoms with E-state index in [2.05, 4.69) is 45.5 Å². The van der Waals surface area contributed by atoms with Gasteiger partial charge < -0.3 is 4.74 Å². The molecule has 2 aromatic rings. The van der Waals surface area contributed by atoms with Crippen LogP contribution in [0.5, 0.6) is 0 Å². The van der Waals surface area contributed by atoms with Crippen LogP contribution in [-0.4, -0.2) is 24.6 Å². The van der Waals surface area contributed by atoms with Crippen LogP contribution in [0.3, 0.4) is 0 Å². The van der Waals surface area contributed by atoms with Crippen molar-refractivity contribution in [3.05, 3.63) is 21.8 Å². The Balaban J connectivity index is 2.14. The fourth-order valence-electron chi connectivity index (χ4n) is 1.69. The zero-order valence-electron chi connectivity index (χ0n) is 11.6. The number of ether oxygens (including phenoxy) is 1. The first-order valence-electron chi connectivity index (χ1n) is 6.29. The van der Waals surface area contributed by atoms with Gasteiger partial charge in [0.25, 0.3) is 5.65 Å². The van der Waals surface area contributed by atoms with Gasteiger partial charge in [-0.25, -0.2) is 9.37 Å². The van der Waals surface area contributed by atoms with E-state index in [0.717, 1.165) is 6.04 Å². The fourth-order valence-corrected chi connectivity index (χ4v) is 2.96. The van der Waals surface area contributed by atoms with Gasteiger partial charge in [-0.3, -0.25) is 0 Å². The number of pyridine rings is 1. The van der Waals surface area contributed by atoms with E-state index in [1.165, 1.54) is 6.07 Å². The molecule has 0 aliphatic heterocycles. The first kappa shape index (κ1) is 15.9. The first-order valence-corrected chi connectivity index (χ1v) is 11.2. The van der Waals surface area contributed by atoms with Gasteiger partial charge in [0.15, 0.2) is 12.5 Å². The lowest BCUT2D eigenvalue weighted by Gasteiger charge is -2.14. The topological polar surface area (TPSA) is 41.8 Å². The number of hydrogen-bond acceptors (Lipinski definition) is 2. The predicted molar refractivity (Wildman–Crippen MR) is 83.1 cm³/mol. The second-order valence-corrected chi connectivity index (χ2v) is 12.6. The minimum atomic E-state index is -1.12. The summed E-state index contributed by atoms with van der Waals surface area (Å²) in [6, 6.07) is 2.46. The number of fused-ring (bicyclic) bond motifs is 1. The van der Waals surface area contributed by atoms with Gasteiger partial charge in [-0.2, -0.15) is 9.55 Å². The third-order valence-electron chi connectivity index (χ3n) is 2.88. The third kappa shape index (κ3) is 3.78. The minimum absolute atomic E-state index is 0.162. The van der Waals surface area contributed by atoms with Crippen LogP contribution >= 0.6 is 27.5 Å². The van der Waals surface area contributed by atoms with Crippen LogP contribution in [-0.2, 0) is 11.5 Å². The number of nitrogens with one attached hydrogen (secondary N) is 1. The van der Waals surface area contributed by atoms with Crippen molar-refractivity contribution in [3.8, 4) is 0 Å². The van der Waals surface area contributed by atoms with E-state index in [0.29, 0.717) is 23.1 Å². The molecule has 0 spiro atoms. The second-order valence-electron chi connectivity index (χ2n) is 5.82. The van der Waals surface area contributed by atoms with Crippen molar-refractivity contribution < 1.29 is 13.7 Å². The molecular weight excluding hydrogens is 365 g/mol. The van der Waals surface area contributed by atoms with Gasteiger partial charge in [-0.05, 0) is 22.0 Å². The summed E-state index contributed by atoms with van der Waals surface area (Å²) in [5.41, 5.74) is 1.11. The van der Waals surface area contributed by atoms with Crippen molar-refractivity contribution in [2.45, 2.75) is 32.4 Å². The number of imidazole rings is 1. The minimum Gasteiger partial charge on any atom is -0.342 e. The summed E-state index contributed by atoms with van der Waals surface area (Å²) in [7, 11) is -1.12. The molecule has 110 valence electrons. The number of aromatic nitrogens is 3. The number of H-pyrrole nitrogens is 1. The standard InChI is InChI=1S/C12H16BrClFN3OSi/c1-20(2,3)5-4-19-7-18-9-6-8(15)10(13)16-11(9)17-12(18)14/h6H,4-5,7H2,1-3H3/p+1. The summed E-state index contributed by atoms with van der Waals surface area (Å²) in [6.07, 6.45) is 0. The Morgan fingerprint density at radius 1 is 1.50 bits per heavy atom.